The molecular weight excluding hydrogens is 415 g/mol. The molecule has 33 heavy (non-hydrogen) atoms. The zero-order chi connectivity index (χ0) is 22.2. The van der Waals surface area contributed by atoms with Crippen molar-refractivity contribution in [3.05, 3.63) is 84.3 Å². The van der Waals surface area contributed by atoms with Crippen molar-refractivity contribution in [2.24, 2.45) is 0 Å². The Morgan fingerprint density at radius 1 is 0.939 bits per heavy atom. The number of nitrogens with zero attached hydrogens (tertiary/aromatic N) is 5. The fourth-order valence-electron chi connectivity index (χ4n) is 4.31. The topological polar surface area (TPSA) is 68.5 Å². The van der Waals surface area contributed by atoms with Crippen molar-refractivity contribution in [3.63, 3.8) is 0 Å². The molecule has 6 rings (SSSR count). The summed E-state index contributed by atoms with van der Waals surface area (Å²) in [5.74, 6) is 1.38. The zero-order valence-corrected chi connectivity index (χ0v) is 18.0. The Bertz CT molecular complexity index is 1310. The number of hydrogen-bond acceptors (Lipinski definition) is 5. The number of nitrogens with one attached hydrogen (secondary N) is 1. The third-order valence-corrected chi connectivity index (χ3v) is 6.08. The first kappa shape index (κ1) is 19.8. The molecule has 1 unspecified atom stereocenters. The number of halogens is 1. The van der Waals surface area contributed by atoms with Crippen LogP contribution in [0.25, 0.3) is 28.7 Å². The molecule has 1 saturated carbocycles. The predicted octanol–water partition coefficient (Wildman–Crippen LogP) is 5.32. The number of benzene rings is 1. The molecule has 1 N–H and O–H groups in total. The lowest BCUT2D eigenvalue weighted by Crippen LogP contribution is -2.08. The van der Waals surface area contributed by atoms with E-state index in [-0.39, 0.29) is 11.9 Å². The second-order valence-electron chi connectivity index (χ2n) is 8.51. The van der Waals surface area contributed by atoms with Gasteiger partial charge in [-0.25, -0.2) is 19.3 Å². The molecule has 1 aliphatic carbocycles. The standard InChI is InChI=1S/C26H23FN6/c27-18-6-4-17(5-7-18)24-25(22-14-16-29-26(31-22)30-20-8-9-20)33-21(12-13-23(33)32-24)11-10-19-3-1-2-15-28-19/h1-7,10-11,14-16,20-21H,8-9,12-13H2,(H,29,30,31). The maximum absolute atomic E-state index is 13.6. The van der Waals surface area contributed by atoms with Gasteiger partial charge in [-0.2, -0.15) is 0 Å². The number of aromatic nitrogens is 5. The van der Waals surface area contributed by atoms with E-state index in [9.17, 15) is 4.39 Å². The highest BCUT2D eigenvalue weighted by Gasteiger charge is 2.30. The number of fused-ring (bicyclic) bond motifs is 1. The maximum atomic E-state index is 13.6. The number of aryl methyl sites for hydroxylation is 1. The van der Waals surface area contributed by atoms with Crippen LogP contribution in [0.5, 0.6) is 0 Å². The van der Waals surface area contributed by atoms with E-state index in [2.05, 4.69) is 32.0 Å². The maximum Gasteiger partial charge on any atom is 0.223 e. The first-order chi connectivity index (χ1) is 16.2. The first-order valence-corrected chi connectivity index (χ1v) is 11.3. The first-order valence-electron chi connectivity index (χ1n) is 11.3. The molecule has 4 heterocycles. The van der Waals surface area contributed by atoms with Crippen LogP contribution in [0.15, 0.2) is 67.0 Å². The normalized spacial score (nSPS) is 17.4. The SMILES string of the molecule is Fc1ccc(-c2nc3n(c2-c2ccnc(NC4CC4)n2)C(C=Cc2ccccn2)CC3)cc1. The van der Waals surface area contributed by atoms with Crippen LogP contribution >= 0.6 is 0 Å². The summed E-state index contributed by atoms with van der Waals surface area (Å²) in [7, 11) is 0. The van der Waals surface area contributed by atoms with Crippen molar-refractivity contribution in [2.45, 2.75) is 37.8 Å². The van der Waals surface area contributed by atoms with E-state index in [0.29, 0.717) is 12.0 Å². The number of hydrogen-bond donors (Lipinski definition) is 1. The van der Waals surface area contributed by atoms with E-state index < -0.39 is 0 Å². The number of imidazole rings is 1. The van der Waals surface area contributed by atoms with Crippen molar-refractivity contribution in [3.8, 4) is 22.6 Å². The van der Waals surface area contributed by atoms with Gasteiger partial charge in [0.2, 0.25) is 5.95 Å². The lowest BCUT2D eigenvalue weighted by Gasteiger charge is -2.15. The smallest absolute Gasteiger partial charge is 0.223 e. The van der Waals surface area contributed by atoms with Gasteiger partial charge in [-0.1, -0.05) is 12.1 Å². The van der Waals surface area contributed by atoms with Crippen molar-refractivity contribution in [1.29, 1.82) is 0 Å². The van der Waals surface area contributed by atoms with Crippen molar-refractivity contribution >= 4 is 12.0 Å². The summed E-state index contributed by atoms with van der Waals surface area (Å²) >= 11 is 0. The minimum atomic E-state index is -0.263. The monoisotopic (exact) mass is 438 g/mol. The van der Waals surface area contributed by atoms with Crippen molar-refractivity contribution in [2.75, 3.05) is 5.32 Å². The summed E-state index contributed by atoms with van der Waals surface area (Å²) in [6.45, 7) is 0. The van der Waals surface area contributed by atoms with Gasteiger partial charge in [0.15, 0.2) is 0 Å². The van der Waals surface area contributed by atoms with Crippen LogP contribution < -0.4 is 5.32 Å². The molecule has 2 aliphatic rings. The number of rotatable bonds is 6. The van der Waals surface area contributed by atoms with Crippen LogP contribution in [0.4, 0.5) is 10.3 Å². The molecule has 0 radical (unpaired) electrons. The number of allylic oxidation sites excluding steroid dienone is 1. The summed E-state index contributed by atoms with van der Waals surface area (Å²) in [5.41, 5.74) is 4.35. The molecule has 1 aromatic carbocycles. The van der Waals surface area contributed by atoms with Gasteiger partial charge in [0, 0.05) is 30.4 Å². The quantitative estimate of drug-likeness (QED) is 0.441. The van der Waals surface area contributed by atoms with E-state index in [1.54, 1.807) is 24.5 Å². The molecular formula is C26H23FN6. The number of pyridine rings is 1. The summed E-state index contributed by atoms with van der Waals surface area (Å²) in [6, 6.07) is 14.9. The molecule has 1 atom stereocenters. The van der Waals surface area contributed by atoms with Crippen molar-refractivity contribution < 1.29 is 4.39 Å². The van der Waals surface area contributed by atoms with Gasteiger partial charge in [0.1, 0.15) is 11.6 Å². The fraction of sp³-hybridized carbons (Fsp3) is 0.231. The molecule has 1 fully saturated rings. The second-order valence-corrected chi connectivity index (χ2v) is 8.51. The average Bonchev–Trinajstić information content (AvgIpc) is 3.45. The third kappa shape index (κ3) is 4.02. The molecule has 164 valence electrons. The Morgan fingerprint density at radius 2 is 1.82 bits per heavy atom. The molecule has 0 spiro atoms. The van der Waals surface area contributed by atoms with Gasteiger partial charge in [-0.3, -0.25) is 4.98 Å². The Hall–Kier alpha value is -3.87. The molecule has 1 aliphatic heterocycles. The number of anilines is 1. The van der Waals surface area contributed by atoms with Gasteiger partial charge in [0.05, 0.1) is 28.8 Å². The van der Waals surface area contributed by atoms with E-state index in [1.165, 1.54) is 12.1 Å². The lowest BCUT2D eigenvalue weighted by molar-refractivity contribution is 0.628. The fourth-order valence-corrected chi connectivity index (χ4v) is 4.31. The largest absolute Gasteiger partial charge is 0.351 e. The molecule has 0 amide bonds. The van der Waals surface area contributed by atoms with Crippen LogP contribution in [-0.4, -0.2) is 30.5 Å². The molecule has 0 bridgehead atoms. The average molecular weight is 439 g/mol. The van der Waals surface area contributed by atoms with Gasteiger partial charge in [-0.15, -0.1) is 0 Å². The summed E-state index contributed by atoms with van der Waals surface area (Å²) in [4.78, 5) is 18.6. The Kier molecular flexibility index (Phi) is 4.94. The van der Waals surface area contributed by atoms with Gasteiger partial charge in [0.25, 0.3) is 0 Å². The van der Waals surface area contributed by atoms with Crippen LogP contribution in [0.1, 0.15) is 36.8 Å². The lowest BCUT2D eigenvalue weighted by atomic mass is 10.1. The summed E-state index contributed by atoms with van der Waals surface area (Å²) in [5, 5.41) is 3.39. The highest BCUT2D eigenvalue weighted by Crippen LogP contribution is 2.40. The minimum Gasteiger partial charge on any atom is -0.351 e. The van der Waals surface area contributed by atoms with Gasteiger partial charge >= 0.3 is 0 Å². The van der Waals surface area contributed by atoms with E-state index in [0.717, 1.165) is 59.8 Å². The Morgan fingerprint density at radius 3 is 2.61 bits per heavy atom. The van der Waals surface area contributed by atoms with Crippen LogP contribution in [0, 0.1) is 5.82 Å². The highest BCUT2D eigenvalue weighted by atomic mass is 19.1. The van der Waals surface area contributed by atoms with Crippen LogP contribution in [0.2, 0.25) is 0 Å². The minimum absolute atomic E-state index is 0.133. The predicted molar refractivity (Wildman–Crippen MR) is 126 cm³/mol. The van der Waals surface area contributed by atoms with Crippen LogP contribution in [-0.2, 0) is 6.42 Å². The molecule has 6 nitrogen and oxygen atoms in total. The highest BCUT2D eigenvalue weighted by molar-refractivity contribution is 5.78. The summed E-state index contributed by atoms with van der Waals surface area (Å²) in [6.07, 6.45) is 11.9. The molecule has 3 aromatic heterocycles. The molecule has 0 saturated heterocycles. The van der Waals surface area contributed by atoms with E-state index in [4.69, 9.17) is 9.97 Å². The third-order valence-electron chi connectivity index (χ3n) is 6.08. The Balaban J connectivity index is 1.46. The molecule has 4 aromatic rings. The van der Waals surface area contributed by atoms with E-state index in [1.807, 2.05) is 24.3 Å². The summed E-state index contributed by atoms with van der Waals surface area (Å²) < 4.78 is 15.9. The zero-order valence-electron chi connectivity index (χ0n) is 18.0. The second kappa shape index (κ2) is 8.24. The van der Waals surface area contributed by atoms with E-state index >= 15 is 0 Å². The molecule has 7 heteroatoms. The Labute approximate surface area is 191 Å². The van der Waals surface area contributed by atoms with Crippen LogP contribution in [0.3, 0.4) is 0 Å². The van der Waals surface area contributed by atoms with Gasteiger partial charge < -0.3 is 9.88 Å². The van der Waals surface area contributed by atoms with Crippen molar-refractivity contribution in [1.82, 2.24) is 24.5 Å². The van der Waals surface area contributed by atoms with Gasteiger partial charge in [-0.05, 0) is 67.8 Å².